The molecule has 1 atom stereocenters. The molecule has 4 heterocycles. The summed E-state index contributed by atoms with van der Waals surface area (Å²) in [7, 11) is 0. The molecule has 2 aromatic heterocycles. The van der Waals surface area contributed by atoms with Crippen LogP contribution in [0, 0.1) is 0 Å². The molecule has 2 aromatic rings. The first kappa shape index (κ1) is 19.1. The van der Waals surface area contributed by atoms with Crippen molar-refractivity contribution in [2.24, 2.45) is 0 Å². The quantitative estimate of drug-likeness (QED) is 0.782. The van der Waals surface area contributed by atoms with Crippen LogP contribution in [0.1, 0.15) is 18.5 Å². The van der Waals surface area contributed by atoms with Gasteiger partial charge in [0, 0.05) is 57.9 Å². The van der Waals surface area contributed by atoms with Gasteiger partial charge in [0.25, 0.3) is 0 Å². The Balaban J connectivity index is 1.32. The van der Waals surface area contributed by atoms with Crippen LogP contribution in [-0.2, 0) is 11.3 Å². The number of carbonyl (C=O) groups excluding carboxylic acids is 1. The minimum Gasteiger partial charge on any atom is -0.332 e. The zero-order chi connectivity index (χ0) is 19.7. The molecule has 2 aliphatic rings. The number of aromatic nitrogens is 3. The summed E-state index contributed by atoms with van der Waals surface area (Å²) in [5, 5.41) is 0. The van der Waals surface area contributed by atoms with E-state index in [4.69, 9.17) is 0 Å². The van der Waals surface area contributed by atoms with Gasteiger partial charge in [-0.05, 0) is 18.9 Å². The van der Waals surface area contributed by atoms with E-state index < -0.39 is 18.8 Å². The number of amides is 1. The third kappa shape index (κ3) is 4.27. The predicted octanol–water partition coefficient (Wildman–Crippen LogP) is 1.40. The van der Waals surface area contributed by atoms with E-state index in [1.807, 2.05) is 27.8 Å². The van der Waals surface area contributed by atoms with Gasteiger partial charge < -0.3 is 4.90 Å². The van der Waals surface area contributed by atoms with Gasteiger partial charge in [0.1, 0.15) is 6.54 Å². The number of nitrogens with zero attached hydrogens (tertiary/aromatic N) is 6. The first-order valence-electron chi connectivity index (χ1n) is 9.49. The maximum atomic E-state index is 12.7. The highest BCUT2D eigenvalue weighted by molar-refractivity contribution is 5.82. The lowest BCUT2D eigenvalue weighted by atomic mass is 10.0. The molecular formula is C18H23F3N6O. The van der Waals surface area contributed by atoms with Gasteiger partial charge in [0.15, 0.2) is 0 Å². The molecule has 10 heteroatoms. The van der Waals surface area contributed by atoms with Gasteiger partial charge in [-0.25, -0.2) is 9.97 Å². The van der Waals surface area contributed by atoms with Crippen LogP contribution in [-0.4, -0.2) is 86.5 Å². The fourth-order valence-electron chi connectivity index (χ4n) is 4.05. The zero-order valence-electron chi connectivity index (χ0n) is 15.5. The summed E-state index contributed by atoms with van der Waals surface area (Å²) < 4.78 is 40.0. The molecular weight excluding hydrogens is 373 g/mol. The molecule has 2 aliphatic heterocycles. The highest BCUT2D eigenvalue weighted by Gasteiger charge is 2.39. The molecule has 0 radical (unpaired) electrons. The van der Waals surface area contributed by atoms with E-state index in [0.717, 1.165) is 23.7 Å². The van der Waals surface area contributed by atoms with Gasteiger partial charge in [-0.2, -0.15) is 13.2 Å². The average molecular weight is 396 g/mol. The largest absolute Gasteiger partial charge is 0.406 e. The van der Waals surface area contributed by atoms with Crippen LogP contribution in [0.15, 0.2) is 24.7 Å². The number of hydrogen-bond acceptors (Lipinski definition) is 5. The maximum Gasteiger partial charge on any atom is 0.406 e. The molecule has 4 rings (SSSR count). The average Bonchev–Trinajstić information content (AvgIpc) is 3.05. The van der Waals surface area contributed by atoms with Crippen LogP contribution in [0.3, 0.4) is 0 Å². The van der Waals surface area contributed by atoms with Gasteiger partial charge in [-0.3, -0.25) is 19.0 Å². The Morgan fingerprint density at radius 3 is 2.64 bits per heavy atom. The molecule has 2 fully saturated rings. The second-order valence-electron chi connectivity index (χ2n) is 7.40. The van der Waals surface area contributed by atoms with Crippen molar-refractivity contribution in [2.45, 2.75) is 31.6 Å². The molecule has 2 saturated heterocycles. The molecule has 1 amide bonds. The van der Waals surface area contributed by atoms with E-state index in [0.29, 0.717) is 38.3 Å². The number of carbonyl (C=O) groups is 1. The number of hydrogen-bond donors (Lipinski definition) is 0. The van der Waals surface area contributed by atoms with Crippen LogP contribution in [0.25, 0.3) is 5.78 Å². The number of fused-ring (bicyclic) bond motifs is 1. The van der Waals surface area contributed by atoms with Gasteiger partial charge in [-0.1, -0.05) is 0 Å². The van der Waals surface area contributed by atoms with Crippen molar-refractivity contribution in [3.05, 3.63) is 30.4 Å². The smallest absolute Gasteiger partial charge is 0.332 e. The summed E-state index contributed by atoms with van der Waals surface area (Å²) >= 11 is 0. The summed E-state index contributed by atoms with van der Waals surface area (Å²) in [5.74, 6) is 0.275. The number of piperazine rings is 1. The molecule has 28 heavy (non-hydrogen) atoms. The summed E-state index contributed by atoms with van der Waals surface area (Å²) in [6.07, 6.45) is 2.45. The summed E-state index contributed by atoms with van der Waals surface area (Å²) in [6.45, 7) is 2.58. The standard InChI is InChI=1S/C18H23F3N6O/c19-18(20,21)13-27-5-1-3-15(16(27)28)25-9-7-24(8-10-25)11-14-12-26-6-2-4-22-17(26)23-14/h2,4,6,12,15H,1,3,5,7-11,13H2/t15-/m0/s1. The fraction of sp³-hybridized carbons (Fsp3) is 0.611. The molecule has 0 unspecified atom stereocenters. The lowest BCUT2D eigenvalue weighted by Crippen LogP contribution is -2.58. The van der Waals surface area contributed by atoms with E-state index in [2.05, 4.69) is 14.9 Å². The number of piperidine rings is 1. The molecule has 0 aliphatic carbocycles. The van der Waals surface area contributed by atoms with E-state index >= 15 is 0 Å². The Morgan fingerprint density at radius 1 is 1.14 bits per heavy atom. The molecule has 7 nitrogen and oxygen atoms in total. The van der Waals surface area contributed by atoms with Crippen molar-refractivity contribution in [1.29, 1.82) is 0 Å². The summed E-state index contributed by atoms with van der Waals surface area (Å²) in [6, 6.07) is 1.41. The van der Waals surface area contributed by atoms with Crippen LogP contribution >= 0.6 is 0 Å². The lowest BCUT2D eigenvalue weighted by molar-refractivity contribution is -0.168. The lowest BCUT2D eigenvalue weighted by Gasteiger charge is -2.42. The van der Waals surface area contributed by atoms with Crippen molar-refractivity contribution in [3.8, 4) is 0 Å². The maximum absolute atomic E-state index is 12.7. The third-order valence-electron chi connectivity index (χ3n) is 5.39. The SMILES string of the molecule is O=C1[C@@H](N2CCN(Cc3cn4cccnc4n3)CC2)CCCN1CC(F)(F)F. The molecule has 152 valence electrons. The molecule has 0 saturated carbocycles. The Labute approximate surface area is 160 Å². The van der Waals surface area contributed by atoms with E-state index in [1.165, 1.54) is 0 Å². The van der Waals surface area contributed by atoms with Crippen molar-refractivity contribution >= 4 is 11.7 Å². The van der Waals surface area contributed by atoms with E-state index in [-0.39, 0.29) is 12.5 Å². The normalized spacial score (nSPS) is 22.9. The summed E-state index contributed by atoms with van der Waals surface area (Å²) in [4.78, 5) is 26.5. The van der Waals surface area contributed by atoms with Crippen molar-refractivity contribution < 1.29 is 18.0 Å². The van der Waals surface area contributed by atoms with Gasteiger partial charge in [-0.15, -0.1) is 0 Å². The van der Waals surface area contributed by atoms with Gasteiger partial charge in [0.2, 0.25) is 11.7 Å². The van der Waals surface area contributed by atoms with Gasteiger partial charge >= 0.3 is 6.18 Å². The van der Waals surface area contributed by atoms with Crippen molar-refractivity contribution in [2.75, 3.05) is 39.3 Å². The highest BCUT2D eigenvalue weighted by atomic mass is 19.4. The Hall–Kier alpha value is -2.20. The number of likely N-dealkylation sites (tertiary alicyclic amines) is 1. The Kier molecular flexibility index (Phi) is 5.24. The Morgan fingerprint density at radius 2 is 1.93 bits per heavy atom. The van der Waals surface area contributed by atoms with E-state index in [9.17, 15) is 18.0 Å². The van der Waals surface area contributed by atoms with Crippen molar-refractivity contribution in [3.63, 3.8) is 0 Å². The zero-order valence-corrected chi connectivity index (χ0v) is 15.5. The Bertz CT molecular complexity index is 797. The fourth-order valence-corrected chi connectivity index (χ4v) is 4.05. The second kappa shape index (κ2) is 7.67. The van der Waals surface area contributed by atoms with E-state index in [1.54, 1.807) is 6.20 Å². The number of alkyl halides is 3. The molecule has 0 N–H and O–H groups in total. The van der Waals surface area contributed by atoms with Crippen LogP contribution in [0.2, 0.25) is 0 Å². The minimum absolute atomic E-state index is 0.191. The molecule has 0 bridgehead atoms. The van der Waals surface area contributed by atoms with Gasteiger partial charge in [0.05, 0.1) is 11.7 Å². The minimum atomic E-state index is -4.35. The number of rotatable bonds is 4. The predicted molar refractivity (Wildman–Crippen MR) is 95.5 cm³/mol. The highest BCUT2D eigenvalue weighted by Crippen LogP contribution is 2.24. The van der Waals surface area contributed by atoms with Crippen LogP contribution < -0.4 is 0 Å². The molecule has 0 aromatic carbocycles. The summed E-state index contributed by atoms with van der Waals surface area (Å²) in [5.41, 5.74) is 0.928. The molecule has 0 spiro atoms. The first-order valence-corrected chi connectivity index (χ1v) is 9.49. The third-order valence-corrected chi connectivity index (χ3v) is 5.39. The van der Waals surface area contributed by atoms with Crippen LogP contribution in [0.5, 0.6) is 0 Å². The van der Waals surface area contributed by atoms with Crippen LogP contribution in [0.4, 0.5) is 13.2 Å². The number of imidazole rings is 1. The monoisotopic (exact) mass is 396 g/mol. The topological polar surface area (TPSA) is 57.0 Å². The first-order chi connectivity index (χ1) is 13.4. The van der Waals surface area contributed by atoms with Crippen molar-refractivity contribution in [1.82, 2.24) is 29.1 Å². The number of halogens is 3. The second-order valence-corrected chi connectivity index (χ2v) is 7.40.